The molecule has 2 aromatic rings. The molecule has 2 atom stereocenters. The van der Waals surface area contributed by atoms with Gasteiger partial charge in [-0.3, -0.25) is 10.1 Å². The predicted octanol–water partition coefficient (Wildman–Crippen LogP) is 4.58. The number of guanidine groups is 1. The number of hydrogen-bond acceptors (Lipinski definition) is 6. The molecule has 0 amide bonds. The number of nitrogens with zero attached hydrogens (tertiary/aromatic N) is 4. The van der Waals surface area contributed by atoms with Crippen LogP contribution >= 0.6 is 23.2 Å². The van der Waals surface area contributed by atoms with Crippen molar-refractivity contribution in [1.82, 2.24) is 10.3 Å². The van der Waals surface area contributed by atoms with Gasteiger partial charge in [-0.05, 0) is 36.2 Å². The second-order valence-electron chi connectivity index (χ2n) is 7.49. The fraction of sp³-hybridized carbons (Fsp3) is 0.304. The number of ether oxygens (including phenoxy) is 1. The van der Waals surface area contributed by atoms with Crippen LogP contribution in [0.25, 0.3) is 0 Å². The number of hydrogen-bond donors (Lipinski definition) is 2. The number of nitriles is 1. The van der Waals surface area contributed by atoms with Crippen molar-refractivity contribution in [3.05, 3.63) is 58.1 Å². The zero-order valence-corrected chi connectivity index (χ0v) is 20.0. The second kappa shape index (κ2) is 11.9. The summed E-state index contributed by atoms with van der Waals surface area (Å²) in [6, 6.07) is 10.6. The van der Waals surface area contributed by atoms with Crippen molar-refractivity contribution in [2.24, 2.45) is 21.9 Å². The van der Waals surface area contributed by atoms with Gasteiger partial charge < -0.3 is 9.84 Å². The number of aliphatic hydroxyl groups is 1. The number of carbonyl (C=O) groups excluding carboxylic acids is 1. The first-order valence-electron chi connectivity index (χ1n) is 10.5. The molecule has 0 saturated carbocycles. The van der Waals surface area contributed by atoms with Crippen LogP contribution in [0.1, 0.15) is 18.9 Å². The van der Waals surface area contributed by atoms with E-state index in [1.165, 1.54) is 23.2 Å². The molecule has 0 radical (unpaired) electrons. The molecule has 2 N–H and O–H groups in total. The number of hydrazone groups is 1. The average molecular weight is 524 g/mol. The standard InChI is InChI=1S/C23H21Cl2F2N5O3/c1-2-16(20(34)11-33)17-10-32(31-21(17)13-6-7-18(24)19(25)8-13)23(29-12-28)30-14-4-3-5-15(9-14)35-22(26)27/h3-9,16-17,22,33H,2,10-11H2,1H3,(H,29,30)/t16-,17+/m0/s1. The molecule has 1 aliphatic rings. The third-order valence-corrected chi connectivity index (χ3v) is 6.09. The first-order valence-corrected chi connectivity index (χ1v) is 11.3. The Morgan fingerprint density at radius 1 is 1.34 bits per heavy atom. The van der Waals surface area contributed by atoms with Gasteiger partial charge in [0, 0.05) is 17.9 Å². The average Bonchev–Trinajstić information content (AvgIpc) is 3.25. The summed E-state index contributed by atoms with van der Waals surface area (Å²) in [5, 5.41) is 27.9. The van der Waals surface area contributed by atoms with Crippen LogP contribution in [0.3, 0.4) is 0 Å². The summed E-state index contributed by atoms with van der Waals surface area (Å²) in [5.41, 5.74) is 1.34. The molecule has 2 aromatic carbocycles. The van der Waals surface area contributed by atoms with Crippen LogP contribution < -0.4 is 10.1 Å². The zero-order valence-electron chi connectivity index (χ0n) is 18.5. The molecule has 1 aliphatic heterocycles. The van der Waals surface area contributed by atoms with Crippen molar-refractivity contribution < 1.29 is 23.4 Å². The van der Waals surface area contributed by atoms with Crippen molar-refractivity contribution in [3.63, 3.8) is 0 Å². The van der Waals surface area contributed by atoms with Crippen molar-refractivity contribution in [1.29, 1.82) is 5.26 Å². The number of Topliss-reactive ketones (excluding diaryl/α,β-unsaturated/α-hetero) is 1. The van der Waals surface area contributed by atoms with E-state index in [9.17, 15) is 23.9 Å². The van der Waals surface area contributed by atoms with Gasteiger partial charge in [-0.1, -0.05) is 42.3 Å². The Labute approximate surface area is 210 Å². The smallest absolute Gasteiger partial charge is 0.387 e. The Hall–Kier alpha value is -3.26. The van der Waals surface area contributed by atoms with Gasteiger partial charge in [0.2, 0.25) is 5.96 Å². The second-order valence-corrected chi connectivity index (χ2v) is 8.30. The monoisotopic (exact) mass is 523 g/mol. The third kappa shape index (κ3) is 6.45. The molecular weight excluding hydrogens is 503 g/mol. The highest BCUT2D eigenvalue weighted by Crippen LogP contribution is 2.32. The van der Waals surface area contributed by atoms with Crippen LogP contribution in [0, 0.1) is 23.3 Å². The molecule has 0 saturated heterocycles. The number of nitrogens with one attached hydrogen (secondary N) is 1. The van der Waals surface area contributed by atoms with Gasteiger partial charge in [-0.15, -0.1) is 0 Å². The Bertz CT molecular complexity index is 1190. The number of benzene rings is 2. The number of aliphatic imine (C=N–C) groups is 1. The van der Waals surface area contributed by atoms with E-state index in [2.05, 4.69) is 20.1 Å². The van der Waals surface area contributed by atoms with Crippen LogP contribution in [0.4, 0.5) is 14.5 Å². The molecule has 3 rings (SSSR count). The summed E-state index contributed by atoms with van der Waals surface area (Å²) >= 11 is 12.2. The Kier molecular flexibility index (Phi) is 8.98. The summed E-state index contributed by atoms with van der Waals surface area (Å²) in [7, 11) is 0. The van der Waals surface area contributed by atoms with Gasteiger partial charge in [0.15, 0.2) is 12.0 Å². The lowest BCUT2D eigenvalue weighted by molar-refractivity contribution is -0.126. The van der Waals surface area contributed by atoms with Crippen molar-refractivity contribution in [2.75, 3.05) is 13.2 Å². The summed E-state index contributed by atoms with van der Waals surface area (Å²) in [5.74, 6) is -1.47. The largest absolute Gasteiger partial charge is 0.435 e. The topological polar surface area (TPSA) is 110 Å². The van der Waals surface area contributed by atoms with Crippen LogP contribution in [-0.4, -0.2) is 47.3 Å². The maximum absolute atomic E-state index is 12.6. The first-order chi connectivity index (χ1) is 16.8. The van der Waals surface area contributed by atoms with Crippen molar-refractivity contribution in [3.8, 4) is 11.9 Å². The molecule has 0 aliphatic carbocycles. The SMILES string of the molecule is CC[C@H](C(=O)CO)[C@H]1CN(C(=Nc2cccc(OC(F)F)c2)NC#N)N=C1c1ccc(Cl)c(Cl)c1. The van der Waals surface area contributed by atoms with Gasteiger partial charge in [0.1, 0.15) is 12.4 Å². The van der Waals surface area contributed by atoms with Gasteiger partial charge in [-0.2, -0.15) is 19.1 Å². The summed E-state index contributed by atoms with van der Waals surface area (Å²) in [4.78, 5) is 16.8. The highest BCUT2D eigenvalue weighted by atomic mass is 35.5. The van der Waals surface area contributed by atoms with E-state index in [1.807, 2.05) is 6.92 Å². The molecule has 1 heterocycles. The number of alkyl halides is 2. The van der Waals surface area contributed by atoms with E-state index in [1.54, 1.807) is 30.5 Å². The molecule has 0 bridgehead atoms. The molecule has 8 nitrogen and oxygen atoms in total. The van der Waals surface area contributed by atoms with Crippen LogP contribution in [-0.2, 0) is 4.79 Å². The minimum atomic E-state index is -3.00. The summed E-state index contributed by atoms with van der Waals surface area (Å²) in [6.45, 7) is -1.65. The van der Waals surface area contributed by atoms with E-state index < -0.39 is 25.1 Å². The van der Waals surface area contributed by atoms with E-state index in [-0.39, 0.29) is 29.7 Å². The fourth-order valence-electron chi connectivity index (χ4n) is 3.80. The van der Waals surface area contributed by atoms with Gasteiger partial charge in [0.05, 0.1) is 28.0 Å². The first kappa shape index (κ1) is 26.3. The van der Waals surface area contributed by atoms with E-state index >= 15 is 0 Å². The number of aliphatic hydroxyl groups excluding tert-OH is 1. The molecular formula is C23H21Cl2F2N5O3. The minimum Gasteiger partial charge on any atom is -0.435 e. The van der Waals surface area contributed by atoms with Gasteiger partial charge in [-0.25, -0.2) is 10.0 Å². The number of rotatable bonds is 8. The normalized spacial score (nSPS) is 16.6. The lowest BCUT2D eigenvalue weighted by Gasteiger charge is -2.23. The predicted molar refractivity (Wildman–Crippen MR) is 128 cm³/mol. The fourth-order valence-corrected chi connectivity index (χ4v) is 4.10. The zero-order chi connectivity index (χ0) is 25.5. The number of carbonyl (C=O) groups is 1. The Balaban J connectivity index is 2.04. The molecule has 0 unspecified atom stereocenters. The molecule has 12 heteroatoms. The van der Waals surface area contributed by atoms with Gasteiger partial charge in [0.25, 0.3) is 0 Å². The number of ketones is 1. The Morgan fingerprint density at radius 2 is 2.11 bits per heavy atom. The van der Waals surface area contributed by atoms with E-state index in [0.29, 0.717) is 27.7 Å². The molecule has 0 spiro atoms. The van der Waals surface area contributed by atoms with E-state index in [0.717, 1.165) is 0 Å². The van der Waals surface area contributed by atoms with E-state index in [4.69, 9.17) is 23.2 Å². The molecule has 184 valence electrons. The van der Waals surface area contributed by atoms with Crippen molar-refractivity contribution in [2.45, 2.75) is 20.0 Å². The molecule has 0 aromatic heterocycles. The minimum absolute atomic E-state index is 0.00746. The maximum Gasteiger partial charge on any atom is 0.387 e. The third-order valence-electron chi connectivity index (χ3n) is 5.35. The van der Waals surface area contributed by atoms with Crippen molar-refractivity contribution >= 4 is 46.3 Å². The quantitative estimate of drug-likeness (QED) is 0.227. The highest BCUT2D eigenvalue weighted by Gasteiger charge is 2.38. The van der Waals surface area contributed by atoms with Crippen LogP contribution in [0.2, 0.25) is 10.0 Å². The Morgan fingerprint density at radius 3 is 2.74 bits per heavy atom. The molecule has 35 heavy (non-hydrogen) atoms. The van der Waals surface area contributed by atoms with Crippen LogP contribution in [0.15, 0.2) is 52.6 Å². The lowest BCUT2D eigenvalue weighted by Crippen LogP contribution is -2.38. The van der Waals surface area contributed by atoms with Gasteiger partial charge >= 0.3 is 6.61 Å². The highest BCUT2D eigenvalue weighted by molar-refractivity contribution is 6.42. The maximum atomic E-state index is 12.6. The number of halogens is 4. The molecule has 0 fully saturated rings. The van der Waals surface area contributed by atoms with Crippen LogP contribution in [0.5, 0.6) is 5.75 Å². The lowest BCUT2D eigenvalue weighted by atomic mass is 9.81. The summed E-state index contributed by atoms with van der Waals surface area (Å²) < 4.78 is 29.6. The summed E-state index contributed by atoms with van der Waals surface area (Å²) in [6.07, 6.45) is 2.22.